The van der Waals surface area contributed by atoms with Gasteiger partial charge in [-0.15, -0.1) is 0 Å². The van der Waals surface area contributed by atoms with Gasteiger partial charge in [-0.1, -0.05) is 26.0 Å². The summed E-state index contributed by atoms with van der Waals surface area (Å²) in [5, 5.41) is 7.03. The summed E-state index contributed by atoms with van der Waals surface area (Å²) < 4.78 is 0. The van der Waals surface area contributed by atoms with Crippen molar-refractivity contribution >= 4 is 5.69 Å². The van der Waals surface area contributed by atoms with Crippen molar-refractivity contribution in [2.75, 3.05) is 11.9 Å². The van der Waals surface area contributed by atoms with E-state index in [4.69, 9.17) is 0 Å². The molecule has 1 heterocycles. The van der Waals surface area contributed by atoms with Crippen molar-refractivity contribution in [2.24, 2.45) is 5.41 Å². The van der Waals surface area contributed by atoms with Gasteiger partial charge in [0.25, 0.3) is 0 Å². The Hall–Kier alpha value is -1.02. The number of benzene rings is 1. The molecule has 1 aliphatic heterocycles. The van der Waals surface area contributed by atoms with E-state index in [2.05, 4.69) is 42.7 Å². The molecule has 1 atom stereocenters. The molecule has 0 spiro atoms. The molecule has 1 aromatic carbocycles. The van der Waals surface area contributed by atoms with E-state index in [1.54, 1.807) is 0 Å². The fourth-order valence-corrected chi connectivity index (χ4v) is 2.52. The molecule has 1 fully saturated rings. The topological polar surface area (TPSA) is 24.1 Å². The molecule has 0 aromatic heterocycles. The molecule has 0 amide bonds. The average molecular weight is 216 g/mol. The zero-order chi connectivity index (χ0) is 11.2. The molecular weight excluding hydrogens is 196 g/mol. The van der Waals surface area contributed by atoms with Crippen LogP contribution in [0, 0.1) is 5.41 Å². The summed E-state index contributed by atoms with van der Waals surface area (Å²) in [6.45, 7) is 6.78. The zero-order valence-corrected chi connectivity index (χ0v) is 10.1. The maximum atomic E-state index is 3.63. The molecule has 2 N–H and O–H groups in total. The summed E-state index contributed by atoms with van der Waals surface area (Å²) in [6, 6.07) is 7.52. The average Bonchev–Trinajstić information content (AvgIpc) is 2.69. The van der Waals surface area contributed by atoms with Crippen molar-refractivity contribution in [3.05, 3.63) is 29.3 Å². The molecule has 1 aliphatic carbocycles. The summed E-state index contributed by atoms with van der Waals surface area (Å²) >= 11 is 0. The summed E-state index contributed by atoms with van der Waals surface area (Å²) in [7, 11) is 0. The van der Waals surface area contributed by atoms with Gasteiger partial charge < -0.3 is 10.6 Å². The molecular formula is C14H20N2. The Kier molecular flexibility index (Phi) is 2.21. The number of rotatable bonds is 3. The van der Waals surface area contributed by atoms with Crippen molar-refractivity contribution in [2.45, 2.75) is 39.3 Å². The van der Waals surface area contributed by atoms with Crippen molar-refractivity contribution in [3.8, 4) is 0 Å². The summed E-state index contributed by atoms with van der Waals surface area (Å²) in [4.78, 5) is 0. The monoisotopic (exact) mass is 216 g/mol. The smallest absolute Gasteiger partial charge is 0.0373 e. The van der Waals surface area contributed by atoms with Gasteiger partial charge in [-0.25, -0.2) is 0 Å². The minimum Gasteiger partial charge on any atom is -0.384 e. The predicted molar refractivity (Wildman–Crippen MR) is 67.7 cm³/mol. The Labute approximate surface area is 97.4 Å². The Balaban J connectivity index is 1.63. The molecule has 1 unspecified atom stereocenters. The quantitative estimate of drug-likeness (QED) is 0.811. The Morgan fingerprint density at radius 3 is 3.00 bits per heavy atom. The molecule has 3 rings (SSSR count). The number of hydrogen-bond donors (Lipinski definition) is 2. The molecule has 16 heavy (non-hydrogen) atoms. The molecule has 2 heteroatoms. The minimum absolute atomic E-state index is 0.526. The van der Waals surface area contributed by atoms with Crippen molar-refractivity contribution in [1.29, 1.82) is 0 Å². The first-order valence-electron chi connectivity index (χ1n) is 6.24. The van der Waals surface area contributed by atoms with Gasteiger partial charge >= 0.3 is 0 Å². The zero-order valence-electron chi connectivity index (χ0n) is 10.1. The van der Waals surface area contributed by atoms with E-state index < -0.39 is 0 Å². The number of anilines is 1. The first kappa shape index (κ1) is 10.2. The van der Waals surface area contributed by atoms with Crippen LogP contribution in [0.5, 0.6) is 0 Å². The molecule has 1 aromatic rings. The van der Waals surface area contributed by atoms with E-state index in [9.17, 15) is 0 Å². The number of hydrogen-bond acceptors (Lipinski definition) is 2. The van der Waals surface area contributed by atoms with Gasteiger partial charge in [-0.3, -0.25) is 0 Å². The highest BCUT2D eigenvalue weighted by Gasteiger charge is 2.44. The van der Waals surface area contributed by atoms with Crippen LogP contribution in [0.25, 0.3) is 0 Å². The van der Waals surface area contributed by atoms with Gasteiger partial charge in [0.05, 0.1) is 0 Å². The molecule has 2 aliphatic rings. The highest BCUT2D eigenvalue weighted by molar-refractivity contribution is 5.56. The Morgan fingerprint density at radius 2 is 2.25 bits per heavy atom. The Bertz CT molecular complexity index is 409. The van der Waals surface area contributed by atoms with Crippen LogP contribution in [0.3, 0.4) is 0 Å². The SMILES string of the molecule is CC1(C)CC1NCc1ccc2c(c1)CCN2. The molecule has 1 saturated carbocycles. The van der Waals surface area contributed by atoms with Crippen LogP contribution in [-0.4, -0.2) is 12.6 Å². The maximum absolute atomic E-state index is 3.63. The molecule has 0 saturated heterocycles. The van der Waals surface area contributed by atoms with E-state index in [0.717, 1.165) is 19.1 Å². The maximum Gasteiger partial charge on any atom is 0.0373 e. The Morgan fingerprint density at radius 1 is 1.44 bits per heavy atom. The molecule has 2 nitrogen and oxygen atoms in total. The lowest BCUT2D eigenvalue weighted by Crippen LogP contribution is -2.19. The molecule has 0 radical (unpaired) electrons. The van der Waals surface area contributed by atoms with Gasteiger partial charge in [0, 0.05) is 24.8 Å². The third kappa shape index (κ3) is 1.82. The highest BCUT2D eigenvalue weighted by atomic mass is 15.0. The van der Waals surface area contributed by atoms with Gasteiger partial charge in [0.15, 0.2) is 0 Å². The predicted octanol–water partition coefficient (Wildman–Crippen LogP) is 2.54. The van der Waals surface area contributed by atoms with Gasteiger partial charge in [0.1, 0.15) is 0 Å². The van der Waals surface area contributed by atoms with E-state index in [0.29, 0.717) is 5.41 Å². The van der Waals surface area contributed by atoms with Gasteiger partial charge in [-0.05, 0) is 35.4 Å². The number of nitrogens with one attached hydrogen (secondary N) is 2. The lowest BCUT2D eigenvalue weighted by atomic mass is 10.1. The van der Waals surface area contributed by atoms with Gasteiger partial charge in [0.2, 0.25) is 0 Å². The van der Waals surface area contributed by atoms with Crippen molar-refractivity contribution in [1.82, 2.24) is 5.32 Å². The van der Waals surface area contributed by atoms with E-state index >= 15 is 0 Å². The fourth-order valence-electron chi connectivity index (χ4n) is 2.52. The van der Waals surface area contributed by atoms with Crippen molar-refractivity contribution in [3.63, 3.8) is 0 Å². The van der Waals surface area contributed by atoms with Crippen molar-refractivity contribution < 1.29 is 0 Å². The third-order valence-electron chi connectivity index (χ3n) is 3.95. The lowest BCUT2D eigenvalue weighted by molar-refractivity contribution is 0.542. The summed E-state index contributed by atoms with van der Waals surface area (Å²) in [5.74, 6) is 0. The standard InChI is InChI=1S/C14H20N2/c1-14(2)8-13(14)16-9-10-3-4-12-11(7-10)5-6-15-12/h3-4,7,13,15-16H,5-6,8-9H2,1-2H3. The number of fused-ring (bicyclic) bond motifs is 1. The highest BCUT2D eigenvalue weighted by Crippen LogP contribution is 2.44. The third-order valence-corrected chi connectivity index (χ3v) is 3.95. The normalized spacial score (nSPS) is 25.0. The summed E-state index contributed by atoms with van der Waals surface area (Å²) in [6.07, 6.45) is 2.50. The van der Waals surface area contributed by atoms with Crippen LogP contribution in [0.4, 0.5) is 5.69 Å². The fraction of sp³-hybridized carbons (Fsp3) is 0.571. The van der Waals surface area contributed by atoms with Gasteiger partial charge in [-0.2, -0.15) is 0 Å². The first-order valence-corrected chi connectivity index (χ1v) is 6.24. The van der Waals surface area contributed by atoms with E-state index in [1.165, 1.54) is 29.7 Å². The second kappa shape index (κ2) is 3.49. The second-order valence-corrected chi connectivity index (χ2v) is 5.79. The molecule has 86 valence electrons. The lowest BCUT2D eigenvalue weighted by Gasteiger charge is -2.08. The van der Waals surface area contributed by atoms with E-state index in [-0.39, 0.29) is 0 Å². The second-order valence-electron chi connectivity index (χ2n) is 5.79. The van der Waals surface area contributed by atoms with E-state index in [1.807, 2.05) is 0 Å². The van der Waals surface area contributed by atoms with Crippen LogP contribution in [0.15, 0.2) is 18.2 Å². The van der Waals surface area contributed by atoms with Crippen LogP contribution >= 0.6 is 0 Å². The van der Waals surface area contributed by atoms with Crippen LogP contribution in [0.2, 0.25) is 0 Å². The van der Waals surface area contributed by atoms with Crippen LogP contribution in [-0.2, 0) is 13.0 Å². The molecule has 0 bridgehead atoms. The summed E-state index contributed by atoms with van der Waals surface area (Å²) in [5.41, 5.74) is 4.76. The first-order chi connectivity index (χ1) is 7.65. The van der Waals surface area contributed by atoms with Crippen LogP contribution in [0.1, 0.15) is 31.4 Å². The largest absolute Gasteiger partial charge is 0.384 e. The minimum atomic E-state index is 0.526. The van der Waals surface area contributed by atoms with Crippen LogP contribution < -0.4 is 10.6 Å².